The molecule has 0 amide bonds. The van der Waals surface area contributed by atoms with Gasteiger partial charge < -0.3 is 15.9 Å². The van der Waals surface area contributed by atoms with Crippen molar-refractivity contribution < 1.29 is 15.1 Å². The molecule has 1 aliphatic carbocycles. The molecule has 1 aromatic carbocycles. The molecule has 16 heavy (non-hydrogen) atoms. The number of phenolic OH excluding ortho intramolecular Hbond substituents is 1. The van der Waals surface area contributed by atoms with Gasteiger partial charge in [-0.2, -0.15) is 0 Å². The van der Waals surface area contributed by atoms with Gasteiger partial charge in [0.2, 0.25) is 0 Å². The Labute approximate surface area is 91.5 Å². The Morgan fingerprint density at radius 2 is 2.12 bits per heavy atom. The van der Waals surface area contributed by atoms with Gasteiger partial charge in [-0.15, -0.1) is 0 Å². The number of hydrogen-bond acceptors (Lipinski definition) is 5. The number of nitro groups is 1. The number of hydrogen-bond donors (Lipinski definition) is 3. The van der Waals surface area contributed by atoms with E-state index in [-0.39, 0.29) is 29.8 Å². The molecule has 1 aliphatic rings. The van der Waals surface area contributed by atoms with Gasteiger partial charge in [0.25, 0.3) is 5.69 Å². The summed E-state index contributed by atoms with van der Waals surface area (Å²) >= 11 is 0. The van der Waals surface area contributed by atoms with Crippen molar-refractivity contribution in [3.8, 4) is 5.75 Å². The Hall–Kier alpha value is -1.66. The third-order valence-corrected chi connectivity index (χ3v) is 2.91. The third kappa shape index (κ3) is 1.62. The van der Waals surface area contributed by atoms with Gasteiger partial charge >= 0.3 is 0 Å². The Bertz CT molecular complexity index is 440. The molecule has 1 fully saturated rings. The third-order valence-electron chi connectivity index (χ3n) is 2.91. The summed E-state index contributed by atoms with van der Waals surface area (Å²) in [5.74, 6) is -0.0631. The average molecular weight is 224 g/mol. The van der Waals surface area contributed by atoms with Gasteiger partial charge in [0.05, 0.1) is 22.1 Å². The van der Waals surface area contributed by atoms with Crippen molar-refractivity contribution >= 4 is 5.69 Å². The molecule has 0 bridgehead atoms. The molecule has 4 N–H and O–H groups in total. The molecule has 0 heterocycles. The van der Waals surface area contributed by atoms with Crippen LogP contribution < -0.4 is 5.73 Å². The van der Waals surface area contributed by atoms with Crippen molar-refractivity contribution in [2.24, 2.45) is 5.73 Å². The summed E-state index contributed by atoms with van der Waals surface area (Å²) in [5.41, 5.74) is 5.21. The van der Waals surface area contributed by atoms with Crippen LogP contribution in [0.1, 0.15) is 18.4 Å². The van der Waals surface area contributed by atoms with Gasteiger partial charge in [-0.05, 0) is 25.0 Å². The van der Waals surface area contributed by atoms with Crippen molar-refractivity contribution in [2.45, 2.75) is 24.5 Å². The fraction of sp³-hybridized carbons (Fsp3) is 0.400. The topological polar surface area (TPSA) is 110 Å². The first-order valence-corrected chi connectivity index (χ1v) is 4.87. The molecule has 0 saturated heterocycles. The zero-order valence-corrected chi connectivity index (χ0v) is 8.46. The van der Waals surface area contributed by atoms with Gasteiger partial charge in [-0.1, -0.05) is 0 Å². The van der Waals surface area contributed by atoms with Gasteiger partial charge in [-0.25, -0.2) is 0 Å². The van der Waals surface area contributed by atoms with Gasteiger partial charge in [0, 0.05) is 6.07 Å². The molecule has 0 radical (unpaired) electrons. The molecule has 0 aromatic heterocycles. The SMILES string of the molecule is NC1(c2cc(O)ccc2[N+](=O)[O-])CC(O)C1. The molecule has 1 saturated carbocycles. The van der Waals surface area contributed by atoms with Crippen molar-refractivity contribution in [1.29, 1.82) is 0 Å². The predicted octanol–water partition coefficient (Wildman–Crippen LogP) is 0.609. The van der Waals surface area contributed by atoms with E-state index in [9.17, 15) is 20.3 Å². The van der Waals surface area contributed by atoms with Crippen LogP contribution >= 0.6 is 0 Å². The van der Waals surface area contributed by atoms with Crippen LogP contribution in [0.2, 0.25) is 0 Å². The maximum atomic E-state index is 10.8. The van der Waals surface area contributed by atoms with Crippen LogP contribution in [0.25, 0.3) is 0 Å². The maximum Gasteiger partial charge on any atom is 0.274 e. The summed E-state index contributed by atoms with van der Waals surface area (Å²) in [4.78, 5) is 10.3. The molecular formula is C10H12N2O4. The Morgan fingerprint density at radius 1 is 1.50 bits per heavy atom. The van der Waals surface area contributed by atoms with Crippen molar-refractivity contribution in [3.05, 3.63) is 33.9 Å². The largest absolute Gasteiger partial charge is 0.508 e. The van der Waals surface area contributed by atoms with Crippen LogP contribution in [0.3, 0.4) is 0 Å². The number of aliphatic hydroxyl groups is 1. The van der Waals surface area contributed by atoms with E-state index in [4.69, 9.17) is 5.73 Å². The second-order valence-electron chi connectivity index (χ2n) is 4.18. The molecule has 1 aromatic rings. The fourth-order valence-corrected chi connectivity index (χ4v) is 2.08. The Kier molecular flexibility index (Phi) is 2.32. The molecule has 0 atom stereocenters. The van der Waals surface area contributed by atoms with Crippen LogP contribution in [0.4, 0.5) is 5.69 Å². The predicted molar refractivity (Wildman–Crippen MR) is 55.9 cm³/mol. The number of phenols is 1. The molecule has 6 nitrogen and oxygen atoms in total. The van der Waals surface area contributed by atoms with E-state index in [1.54, 1.807) is 0 Å². The van der Waals surface area contributed by atoms with Crippen molar-refractivity contribution in [1.82, 2.24) is 0 Å². The van der Waals surface area contributed by atoms with E-state index in [1.807, 2.05) is 0 Å². The lowest BCUT2D eigenvalue weighted by molar-refractivity contribution is -0.386. The average Bonchev–Trinajstić information content (AvgIpc) is 2.14. The number of rotatable bonds is 2. The van der Waals surface area contributed by atoms with Crippen LogP contribution in [0, 0.1) is 10.1 Å². The van der Waals surface area contributed by atoms with E-state index in [2.05, 4.69) is 0 Å². The van der Waals surface area contributed by atoms with E-state index < -0.39 is 16.6 Å². The lowest BCUT2D eigenvalue weighted by Gasteiger charge is -2.42. The minimum absolute atomic E-state index is 0.0631. The summed E-state index contributed by atoms with van der Waals surface area (Å²) in [6.07, 6.45) is 0.0288. The number of nitrogens with two attached hydrogens (primary N) is 1. The van der Waals surface area contributed by atoms with E-state index in [1.165, 1.54) is 18.2 Å². The van der Waals surface area contributed by atoms with E-state index in [0.717, 1.165) is 0 Å². The zero-order chi connectivity index (χ0) is 11.9. The van der Waals surface area contributed by atoms with Crippen LogP contribution in [-0.2, 0) is 5.54 Å². The number of aromatic hydroxyl groups is 1. The summed E-state index contributed by atoms with van der Waals surface area (Å²) < 4.78 is 0. The zero-order valence-electron chi connectivity index (χ0n) is 8.46. The highest BCUT2D eigenvalue weighted by molar-refractivity contribution is 5.50. The van der Waals surface area contributed by atoms with Gasteiger partial charge in [0.15, 0.2) is 0 Å². The van der Waals surface area contributed by atoms with Crippen molar-refractivity contribution in [2.75, 3.05) is 0 Å². The second-order valence-corrected chi connectivity index (χ2v) is 4.18. The molecule has 0 aliphatic heterocycles. The number of nitro benzene ring substituents is 1. The Balaban J connectivity index is 2.46. The second kappa shape index (κ2) is 3.43. The maximum absolute atomic E-state index is 10.8. The standard InChI is InChI=1S/C10H12N2O4/c11-10(4-7(14)5-10)8-3-6(13)1-2-9(8)12(15)16/h1-3,7,13-14H,4-5,11H2. The first kappa shape index (κ1) is 10.8. The number of nitrogens with zero attached hydrogens (tertiary/aromatic N) is 1. The van der Waals surface area contributed by atoms with Crippen LogP contribution in [0.15, 0.2) is 18.2 Å². The molecule has 86 valence electrons. The smallest absolute Gasteiger partial charge is 0.274 e. The van der Waals surface area contributed by atoms with E-state index >= 15 is 0 Å². The minimum atomic E-state index is -0.902. The minimum Gasteiger partial charge on any atom is -0.508 e. The molecule has 0 unspecified atom stereocenters. The van der Waals surface area contributed by atoms with Gasteiger partial charge in [0.1, 0.15) is 5.75 Å². The quantitative estimate of drug-likeness (QED) is 0.503. The summed E-state index contributed by atoms with van der Waals surface area (Å²) in [6, 6.07) is 3.77. The highest BCUT2D eigenvalue weighted by Gasteiger charge is 2.45. The molecular weight excluding hydrogens is 212 g/mol. The van der Waals surface area contributed by atoms with Crippen LogP contribution in [0.5, 0.6) is 5.75 Å². The monoisotopic (exact) mass is 224 g/mol. The summed E-state index contributed by atoms with van der Waals surface area (Å²) in [6.45, 7) is 0. The lowest BCUT2D eigenvalue weighted by Crippen LogP contribution is -2.51. The number of benzene rings is 1. The molecule has 0 spiro atoms. The van der Waals surface area contributed by atoms with E-state index in [0.29, 0.717) is 0 Å². The molecule has 2 rings (SSSR count). The lowest BCUT2D eigenvalue weighted by atomic mass is 9.70. The van der Waals surface area contributed by atoms with Gasteiger partial charge in [-0.3, -0.25) is 10.1 Å². The van der Waals surface area contributed by atoms with Crippen molar-refractivity contribution in [3.63, 3.8) is 0 Å². The fourth-order valence-electron chi connectivity index (χ4n) is 2.08. The first-order chi connectivity index (χ1) is 7.42. The molecule has 6 heteroatoms. The number of aliphatic hydroxyl groups excluding tert-OH is 1. The van der Waals surface area contributed by atoms with Crippen LogP contribution in [-0.4, -0.2) is 21.2 Å². The summed E-state index contributed by atoms with van der Waals surface area (Å²) in [7, 11) is 0. The summed E-state index contributed by atoms with van der Waals surface area (Å²) in [5, 5.41) is 29.4. The first-order valence-electron chi connectivity index (χ1n) is 4.87. The highest BCUT2D eigenvalue weighted by atomic mass is 16.6. The highest BCUT2D eigenvalue weighted by Crippen LogP contribution is 2.43. The Morgan fingerprint density at radius 3 is 2.62 bits per heavy atom. The normalized spacial score (nSPS) is 28.5.